The second-order valence-electron chi connectivity index (χ2n) is 6.08. The highest BCUT2D eigenvalue weighted by Crippen LogP contribution is 2.32. The summed E-state index contributed by atoms with van der Waals surface area (Å²) in [5.74, 6) is -1.07. The zero-order valence-electron chi connectivity index (χ0n) is 14.1. The fourth-order valence-corrected chi connectivity index (χ4v) is 2.56. The van der Waals surface area contributed by atoms with E-state index >= 15 is 0 Å². The number of rotatable bonds is 6. The van der Waals surface area contributed by atoms with Gasteiger partial charge in [-0.15, -0.1) is 0 Å². The summed E-state index contributed by atoms with van der Waals surface area (Å²) in [7, 11) is 0. The number of ether oxygens (including phenoxy) is 1. The predicted octanol–water partition coefficient (Wildman–Crippen LogP) is 2.35. The first-order valence-electron chi connectivity index (χ1n) is 8.15. The normalized spacial score (nSPS) is 17.7. The molecule has 8 nitrogen and oxygen atoms in total. The van der Waals surface area contributed by atoms with Crippen molar-refractivity contribution in [1.82, 2.24) is 10.9 Å². The zero-order chi connectivity index (χ0) is 19.4. The van der Waals surface area contributed by atoms with Crippen LogP contribution in [0.15, 0.2) is 48.5 Å². The van der Waals surface area contributed by atoms with E-state index < -0.39 is 28.7 Å². The van der Waals surface area contributed by atoms with E-state index in [1.165, 1.54) is 0 Å². The van der Waals surface area contributed by atoms with Gasteiger partial charge in [-0.3, -0.25) is 30.6 Å². The number of nitrogens with one attached hydrogen (secondary N) is 2. The summed E-state index contributed by atoms with van der Waals surface area (Å²) in [5.41, 5.74) is 5.67. The molecule has 1 saturated carbocycles. The van der Waals surface area contributed by atoms with E-state index in [0.29, 0.717) is 22.9 Å². The van der Waals surface area contributed by atoms with Gasteiger partial charge < -0.3 is 4.74 Å². The lowest BCUT2D eigenvalue weighted by atomic mass is 10.1. The van der Waals surface area contributed by atoms with E-state index in [9.17, 15) is 19.7 Å². The first-order valence-corrected chi connectivity index (χ1v) is 8.53. The molecule has 2 aromatic rings. The van der Waals surface area contributed by atoms with Gasteiger partial charge in [0.15, 0.2) is 0 Å². The Morgan fingerprint density at radius 3 is 2.37 bits per heavy atom. The standard InChI is InChI=1S/C18H16ClN3O5/c19-13-5-7-14(8-6-13)27-10-11-1-3-12(4-2-11)17(23)20-21-18(24)15-9-16(15)22(25)26/h1-8,15-16H,9-10H2,(H,20,23)(H,21,24)/t15-,16+/m0/s1. The Morgan fingerprint density at radius 1 is 1.11 bits per heavy atom. The van der Waals surface area contributed by atoms with E-state index in [1.54, 1.807) is 48.5 Å². The van der Waals surface area contributed by atoms with Gasteiger partial charge >= 0.3 is 0 Å². The Bertz CT molecular complexity index is 854. The summed E-state index contributed by atoms with van der Waals surface area (Å²) in [5, 5.41) is 11.2. The topological polar surface area (TPSA) is 111 Å². The van der Waals surface area contributed by atoms with Crippen molar-refractivity contribution in [3.63, 3.8) is 0 Å². The van der Waals surface area contributed by atoms with E-state index in [0.717, 1.165) is 5.56 Å². The van der Waals surface area contributed by atoms with Crippen molar-refractivity contribution in [2.24, 2.45) is 5.92 Å². The maximum atomic E-state index is 12.0. The Kier molecular flexibility index (Phi) is 5.56. The maximum absolute atomic E-state index is 12.0. The summed E-state index contributed by atoms with van der Waals surface area (Å²) in [4.78, 5) is 33.8. The summed E-state index contributed by atoms with van der Waals surface area (Å²) in [6.07, 6.45) is 0.191. The van der Waals surface area contributed by atoms with Crippen molar-refractivity contribution in [2.45, 2.75) is 19.1 Å². The van der Waals surface area contributed by atoms with Gasteiger partial charge in [0.2, 0.25) is 11.9 Å². The molecule has 2 atom stereocenters. The van der Waals surface area contributed by atoms with Crippen LogP contribution < -0.4 is 15.6 Å². The van der Waals surface area contributed by atoms with Crippen LogP contribution >= 0.6 is 11.6 Å². The molecular formula is C18H16ClN3O5. The van der Waals surface area contributed by atoms with E-state index in [1.807, 2.05) is 0 Å². The molecule has 2 amide bonds. The number of hydrazine groups is 1. The Balaban J connectivity index is 1.46. The molecule has 9 heteroatoms. The molecule has 1 aliphatic carbocycles. The third-order valence-corrected chi connectivity index (χ3v) is 4.35. The number of hydrogen-bond donors (Lipinski definition) is 2. The Labute approximate surface area is 159 Å². The third-order valence-electron chi connectivity index (χ3n) is 4.10. The van der Waals surface area contributed by atoms with E-state index in [4.69, 9.17) is 16.3 Å². The molecule has 0 aromatic heterocycles. The number of amides is 2. The van der Waals surface area contributed by atoms with Gasteiger partial charge in [-0.25, -0.2) is 0 Å². The molecular weight excluding hydrogens is 374 g/mol. The van der Waals surface area contributed by atoms with Crippen LogP contribution in [0, 0.1) is 16.0 Å². The van der Waals surface area contributed by atoms with Crippen LogP contribution in [-0.2, 0) is 11.4 Å². The Morgan fingerprint density at radius 2 is 1.78 bits per heavy atom. The smallest absolute Gasteiger partial charge is 0.269 e. The predicted molar refractivity (Wildman–Crippen MR) is 96.7 cm³/mol. The third kappa shape index (κ3) is 4.95. The minimum Gasteiger partial charge on any atom is -0.489 e. The molecule has 1 aliphatic rings. The highest BCUT2D eigenvalue weighted by molar-refractivity contribution is 6.30. The number of carbonyl (C=O) groups excluding carboxylic acids is 2. The first-order chi connectivity index (χ1) is 12.9. The van der Waals surface area contributed by atoms with Crippen molar-refractivity contribution >= 4 is 23.4 Å². The average Bonchev–Trinajstić information content (AvgIpc) is 3.47. The van der Waals surface area contributed by atoms with Crippen molar-refractivity contribution in [2.75, 3.05) is 0 Å². The van der Waals surface area contributed by atoms with Crippen LogP contribution in [0.1, 0.15) is 22.3 Å². The maximum Gasteiger partial charge on any atom is 0.269 e. The van der Waals surface area contributed by atoms with Crippen LogP contribution in [0.3, 0.4) is 0 Å². The molecule has 2 aromatic carbocycles. The molecule has 0 spiro atoms. The fraction of sp³-hybridized carbons (Fsp3) is 0.222. The lowest BCUT2D eigenvalue weighted by molar-refractivity contribution is -0.497. The molecule has 0 saturated heterocycles. The SMILES string of the molecule is O=C(NNC(=O)[C@H]1C[C@H]1[N+](=O)[O-])c1ccc(COc2ccc(Cl)cc2)cc1. The lowest BCUT2D eigenvalue weighted by Crippen LogP contribution is -2.43. The van der Waals surface area contributed by atoms with Crippen molar-refractivity contribution in [1.29, 1.82) is 0 Å². The molecule has 1 fully saturated rings. The summed E-state index contributed by atoms with van der Waals surface area (Å²) >= 11 is 5.81. The van der Waals surface area contributed by atoms with Gasteiger partial charge in [-0.05, 0) is 42.0 Å². The molecule has 0 heterocycles. The average molecular weight is 390 g/mol. The number of nitrogens with zero attached hydrogens (tertiary/aromatic N) is 1. The second-order valence-corrected chi connectivity index (χ2v) is 6.51. The Hall–Kier alpha value is -3.13. The molecule has 3 rings (SSSR count). The van der Waals surface area contributed by atoms with Crippen LogP contribution in [0.5, 0.6) is 5.75 Å². The van der Waals surface area contributed by atoms with Crippen molar-refractivity contribution < 1.29 is 19.2 Å². The van der Waals surface area contributed by atoms with Gasteiger partial charge in [-0.1, -0.05) is 23.7 Å². The van der Waals surface area contributed by atoms with Gasteiger partial charge in [0, 0.05) is 21.9 Å². The van der Waals surface area contributed by atoms with Gasteiger partial charge in [-0.2, -0.15) is 0 Å². The lowest BCUT2D eigenvalue weighted by Gasteiger charge is -2.08. The molecule has 140 valence electrons. The summed E-state index contributed by atoms with van der Waals surface area (Å²) in [6.45, 7) is 0.324. The zero-order valence-corrected chi connectivity index (χ0v) is 14.8. The van der Waals surface area contributed by atoms with Crippen molar-refractivity contribution in [3.05, 3.63) is 74.8 Å². The summed E-state index contributed by atoms with van der Waals surface area (Å²) in [6, 6.07) is 12.8. The van der Waals surface area contributed by atoms with Gasteiger partial charge in [0.05, 0.1) is 0 Å². The quantitative estimate of drug-likeness (QED) is 0.582. The molecule has 0 bridgehead atoms. The summed E-state index contributed by atoms with van der Waals surface area (Å²) < 4.78 is 5.62. The number of benzene rings is 2. The van der Waals surface area contributed by atoms with Crippen molar-refractivity contribution in [3.8, 4) is 5.75 Å². The van der Waals surface area contributed by atoms with Gasteiger partial charge in [0.1, 0.15) is 18.3 Å². The molecule has 0 radical (unpaired) electrons. The monoisotopic (exact) mass is 389 g/mol. The molecule has 27 heavy (non-hydrogen) atoms. The first kappa shape index (κ1) is 18.7. The second kappa shape index (κ2) is 8.05. The number of carbonyl (C=O) groups is 2. The van der Waals surface area contributed by atoms with E-state index in [-0.39, 0.29) is 6.42 Å². The van der Waals surface area contributed by atoms with Crippen LogP contribution in [-0.4, -0.2) is 22.8 Å². The highest BCUT2D eigenvalue weighted by Gasteiger charge is 2.53. The minimum atomic E-state index is -0.859. The van der Waals surface area contributed by atoms with Crippen LogP contribution in [0.2, 0.25) is 5.02 Å². The van der Waals surface area contributed by atoms with Crippen LogP contribution in [0.4, 0.5) is 0 Å². The highest BCUT2D eigenvalue weighted by atomic mass is 35.5. The largest absolute Gasteiger partial charge is 0.489 e. The molecule has 0 aliphatic heterocycles. The van der Waals surface area contributed by atoms with Gasteiger partial charge in [0.25, 0.3) is 5.91 Å². The number of hydrogen-bond acceptors (Lipinski definition) is 5. The van der Waals surface area contributed by atoms with Crippen LogP contribution in [0.25, 0.3) is 0 Å². The minimum absolute atomic E-state index is 0.191. The number of nitro groups is 1. The molecule has 0 unspecified atom stereocenters. The molecule has 2 N–H and O–H groups in total. The van der Waals surface area contributed by atoms with E-state index in [2.05, 4.69) is 10.9 Å². The fourth-order valence-electron chi connectivity index (χ4n) is 2.43. The number of halogens is 1.